The smallest absolute Gasteiger partial charge is 0.324 e. The maximum atomic E-state index is 11.5. The Hall–Kier alpha value is -0.680. The minimum Gasteiger partial charge on any atom is -0.468 e. The van der Waals surface area contributed by atoms with Gasteiger partial charge in [-0.2, -0.15) is 0 Å². The molecule has 0 atom stereocenters. The van der Waals surface area contributed by atoms with Crippen molar-refractivity contribution in [2.24, 2.45) is 5.41 Å². The van der Waals surface area contributed by atoms with Crippen LogP contribution >= 0.6 is 11.6 Å². The van der Waals surface area contributed by atoms with Crippen LogP contribution in [0.5, 0.6) is 0 Å². The Morgan fingerprint density at radius 1 is 1.38 bits per heavy atom. The molecule has 0 amide bonds. The van der Waals surface area contributed by atoms with Crippen molar-refractivity contribution in [1.82, 2.24) is 0 Å². The molecular formula is C10H13ClO2. The van der Waals surface area contributed by atoms with E-state index in [1.54, 1.807) is 0 Å². The number of esters is 1. The Morgan fingerprint density at radius 3 is 2.46 bits per heavy atom. The molecule has 13 heavy (non-hydrogen) atoms. The predicted octanol–water partition coefficient (Wildman–Crippen LogP) is 2.31. The molecule has 0 aromatic carbocycles. The largest absolute Gasteiger partial charge is 0.468 e. The highest BCUT2D eigenvalue weighted by Gasteiger charge is 2.39. The first kappa shape index (κ1) is 10.4. The van der Waals surface area contributed by atoms with E-state index >= 15 is 0 Å². The predicted molar refractivity (Wildman–Crippen MR) is 51.2 cm³/mol. The number of hydrogen-bond donors (Lipinski definition) is 0. The summed E-state index contributed by atoms with van der Waals surface area (Å²) < 4.78 is 4.75. The zero-order valence-electron chi connectivity index (χ0n) is 7.73. The van der Waals surface area contributed by atoms with Crippen LogP contribution in [-0.4, -0.2) is 13.1 Å². The van der Waals surface area contributed by atoms with E-state index in [4.69, 9.17) is 16.3 Å². The van der Waals surface area contributed by atoms with E-state index < -0.39 is 5.41 Å². The topological polar surface area (TPSA) is 26.3 Å². The first-order valence-electron chi connectivity index (χ1n) is 4.46. The number of methoxy groups -OCH3 is 1. The van der Waals surface area contributed by atoms with Gasteiger partial charge in [-0.25, -0.2) is 0 Å². The Morgan fingerprint density at radius 2 is 2.00 bits per heavy atom. The fourth-order valence-electron chi connectivity index (χ4n) is 1.82. The molecule has 72 valence electrons. The number of hydrogen-bond acceptors (Lipinski definition) is 2. The van der Waals surface area contributed by atoms with Crippen LogP contribution in [0, 0.1) is 16.7 Å². The molecule has 3 heteroatoms. The molecule has 0 unspecified atom stereocenters. The van der Waals surface area contributed by atoms with Crippen molar-refractivity contribution in [3.63, 3.8) is 0 Å². The van der Waals surface area contributed by atoms with Crippen molar-refractivity contribution in [3.05, 3.63) is 0 Å². The van der Waals surface area contributed by atoms with Gasteiger partial charge < -0.3 is 4.74 Å². The van der Waals surface area contributed by atoms with Gasteiger partial charge in [0, 0.05) is 5.38 Å². The average molecular weight is 201 g/mol. The minimum atomic E-state index is -0.616. The van der Waals surface area contributed by atoms with Gasteiger partial charge in [0.05, 0.1) is 7.11 Å². The van der Waals surface area contributed by atoms with E-state index in [-0.39, 0.29) is 5.97 Å². The lowest BCUT2D eigenvalue weighted by atomic mass is 9.75. The minimum absolute atomic E-state index is 0.236. The molecule has 0 aromatic heterocycles. The summed E-state index contributed by atoms with van der Waals surface area (Å²) in [6, 6.07) is 0. The second-order valence-electron chi connectivity index (χ2n) is 3.35. The van der Waals surface area contributed by atoms with Gasteiger partial charge in [-0.3, -0.25) is 4.79 Å². The van der Waals surface area contributed by atoms with Crippen LogP contribution in [0.4, 0.5) is 0 Å². The molecule has 1 saturated carbocycles. The van der Waals surface area contributed by atoms with Crippen LogP contribution in [0.25, 0.3) is 0 Å². The first-order valence-corrected chi connectivity index (χ1v) is 4.84. The zero-order chi connectivity index (χ0) is 9.73. The van der Waals surface area contributed by atoms with Crippen LogP contribution < -0.4 is 0 Å². The second kappa shape index (κ2) is 4.53. The Kier molecular flexibility index (Phi) is 3.62. The zero-order valence-corrected chi connectivity index (χ0v) is 8.49. The summed E-state index contributed by atoms with van der Waals surface area (Å²) in [7, 11) is 1.40. The van der Waals surface area contributed by atoms with Gasteiger partial charge in [-0.1, -0.05) is 25.2 Å². The molecule has 1 rings (SSSR count). The van der Waals surface area contributed by atoms with Gasteiger partial charge in [-0.15, -0.1) is 0 Å². The van der Waals surface area contributed by atoms with Crippen LogP contribution in [0.2, 0.25) is 0 Å². The lowest BCUT2D eigenvalue weighted by Crippen LogP contribution is -2.33. The fourth-order valence-corrected chi connectivity index (χ4v) is 2.00. The SMILES string of the molecule is COC(=O)C1(C#CCl)CCCCC1. The lowest BCUT2D eigenvalue weighted by molar-refractivity contribution is -0.150. The summed E-state index contributed by atoms with van der Waals surface area (Å²) >= 11 is 5.36. The van der Waals surface area contributed by atoms with Crippen LogP contribution in [0.1, 0.15) is 32.1 Å². The number of halogens is 1. The highest BCUT2D eigenvalue weighted by molar-refractivity contribution is 6.30. The maximum absolute atomic E-state index is 11.5. The summed E-state index contributed by atoms with van der Waals surface area (Å²) in [6.07, 6.45) is 4.78. The van der Waals surface area contributed by atoms with Gasteiger partial charge >= 0.3 is 5.97 Å². The van der Waals surface area contributed by atoms with Gasteiger partial charge in [-0.05, 0) is 24.4 Å². The van der Waals surface area contributed by atoms with Crippen LogP contribution in [0.3, 0.4) is 0 Å². The molecule has 0 N–H and O–H groups in total. The molecule has 1 aliphatic carbocycles. The quantitative estimate of drug-likeness (QED) is 0.480. The summed E-state index contributed by atoms with van der Waals surface area (Å²) in [6.45, 7) is 0. The molecule has 0 spiro atoms. The van der Waals surface area contributed by atoms with E-state index in [0.29, 0.717) is 0 Å². The molecule has 1 aliphatic rings. The van der Waals surface area contributed by atoms with Crippen molar-refractivity contribution < 1.29 is 9.53 Å². The monoisotopic (exact) mass is 200 g/mol. The average Bonchev–Trinajstić information content (AvgIpc) is 2.18. The molecule has 0 heterocycles. The van der Waals surface area contributed by atoms with Crippen molar-refractivity contribution in [2.45, 2.75) is 32.1 Å². The summed E-state index contributed by atoms with van der Waals surface area (Å²) in [5.74, 6) is 2.55. The van der Waals surface area contributed by atoms with Crippen LogP contribution in [-0.2, 0) is 9.53 Å². The second-order valence-corrected chi connectivity index (χ2v) is 3.54. The highest BCUT2D eigenvalue weighted by Crippen LogP contribution is 2.36. The van der Waals surface area contributed by atoms with Gasteiger partial charge in [0.25, 0.3) is 0 Å². The number of carbonyl (C=O) groups excluding carboxylic acids is 1. The van der Waals surface area contributed by atoms with E-state index in [1.165, 1.54) is 13.5 Å². The molecule has 0 bridgehead atoms. The lowest BCUT2D eigenvalue weighted by Gasteiger charge is -2.29. The number of rotatable bonds is 1. The standard InChI is InChI=1S/C10H13ClO2/c1-13-9(12)10(7-8-11)5-3-2-4-6-10/h2-6H2,1H3. The van der Waals surface area contributed by atoms with Gasteiger partial charge in [0.15, 0.2) is 0 Å². The normalized spacial score (nSPS) is 19.8. The van der Waals surface area contributed by atoms with E-state index in [0.717, 1.165) is 25.7 Å². The number of ether oxygens (including phenoxy) is 1. The third-order valence-corrected chi connectivity index (χ3v) is 2.66. The Bertz CT molecular complexity index is 243. The van der Waals surface area contributed by atoms with Crippen molar-refractivity contribution in [1.29, 1.82) is 0 Å². The molecule has 0 saturated heterocycles. The van der Waals surface area contributed by atoms with Gasteiger partial charge in [0.2, 0.25) is 0 Å². The van der Waals surface area contributed by atoms with E-state index in [1.807, 2.05) is 0 Å². The summed E-state index contributed by atoms with van der Waals surface area (Å²) in [5, 5.41) is 2.31. The third kappa shape index (κ3) is 2.16. The fraction of sp³-hybridized carbons (Fsp3) is 0.700. The van der Waals surface area contributed by atoms with Crippen molar-refractivity contribution in [3.8, 4) is 11.3 Å². The number of carbonyl (C=O) groups is 1. The molecule has 2 nitrogen and oxygen atoms in total. The van der Waals surface area contributed by atoms with E-state index in [2.05, 4.69) is 11.3 Å². The molecule has 0 radical (unpaired) electrons. The maximum Gasteiger partial charge on any atom is 0.324 e. The van der Waals surface area contributed by atoms with Crippen LogP contribution in [0.15, 0.2) is 0 Å². The molecule has 0 aromatic rings. The molecule has 0 aliphatic heterocycles. The van der Waals surface area contributed by atoms with Crippen molar-refractivity contribution in [2.75, 3.05) is 7.11 Å². The van der Waals surface area contributed by atoms with E-state index in [9.17, 15) is 4.79 Å². The molecule has 1 fully saturated rings. The van der Waals surface area contributed by atoms with Gasteiger partial charge in [0.1, 0.15) is 5.41 Å². The summed E-state index contributed by atoms with van der Waals surface area (Å²) in [4.78, 5) is 11.5. The highest BCUT2D eigenvalue weighted by atomic mass is 35.5. The van der Waals surface area contributed by atoms with Crippen molar-refractivity contribution >= 4 is 17.6 Å². The Labute approximate surface area is 83.6 Å². The Balaban J connectivity index is 2.83. The molecular weight excluding hydrogens is 188 g/mol. The third-order valence-electron chi connectivity index (χ3n) is 2.57. The summed E-state index contributed by atoms with van der Waals surface area (Å²) in [5.41, 5.74) is -0.616. The first-order chi connectivity index (χ1) is 6.25.